The maximum Gasteiger partial charge on any atom is 0.129 e. The van der Waals surface area contributed by atoms with Crippen LogP contribution in [0.25, 0.3) is 0 Å². The van der Waals surface area contributed by atoms with Crippen molar-refractivity contribution in [2.75, 3.05) is 7.05 Å². The van der Waals surface area contributed by atoms with E-state index in [1.54, 1.807) is 18.5 Å². The molecule has 0 radical (unpaired) electrons. The quantitative estimate of drug-likeness (QED) is 0.937. The van der Waals surface area contributed by atoms with Crippen molar-refractivity contribution in [3.8, 4) is 0 Å². The van der Waals surface area contributed by atoms with Crippen molar-refractivity contribution in [3.05, 3.63) is 63.6 Å². The third kappa shape index (κ3) is 2.44. The van der Waals surface area contributed by atoms with Crippen LogP contribution < -0.4 is 5.32 Å². The molecule has 0 amide bonds. The molecule has 0 bridgehead atoms. The van der Waals surface area contributed by atoms with Gasteiger partial charge in [0.15, 0.2) is 0 Å². The summed E-state index contributed by atoms with van der Waals surface area (Å²) in [6, 6.07) is 6.71. The Kier molecular flexibility index (Phi) is 4.09. The minimum absolute atomic E-state index is 0.214. The van der Waals surface area contributed by atoms with Gasteiger partial charge in [0.05, 0.1) is 6.04 Å². The number of nitrogens with one attached hydrogen (secondary N) is 1. The Morgan fingerprint density at radius 3 is 2.72 bits per heavy atom. The van der Waals surface area contributed by atoms with Gasteiger partial charge in [0, 0.05) is 22.4 Å². The van der Waals surface area contributed by atoms with E-state index in [-0.39, 0.29) is 11.9 Å². The minimum atomic E-state index is -0.230. The summed E-state index contributed by atoms with van der Waals surface area (Å²) >= 11 is 3.41. The van der Waals surface area contributed by atoms with E-state index in [1.807, 2.05) is 26.1 Å². The molecule has 18 heavy (non-hydrogen) atoms. The molecule has 1 N–H and O–H groups in total. The second-order valence-electron chi connectivity index (χ2n) is 4.09. The van der Waals surface area contributed by atoms with Crippen LogP contribution >= 0.6 is 15.9 Å². The first-order valence-electron chi connectivity index (χ1n) is 5.67. The minimum Gasteiger partial charge on any atom is -0.309 e. The first-order chi connectivity index (χ1) is 8.65. The molecule has 0 fully saturated rings. The van der Waals surface area contributed by atoms with Gasteiger partial charge in [-0.3, -0.25) is 4.98 Å². The SMILES string of the molecule is CNC(c1cnccc1C)c1c(F)cccc1Br. The van der Waals surface area contributed by atoms with E-state index in [0.717, 1.165) is 15.6 Å². The Hall–Kier alpha value is -1.26. The molecule has 2 rings (SSSR count). The molecule has 0 saturated heterocycles. The maximum atomic E-state index is 14.0. The molecule has 0 spiro atoms. The zero-order valence-corrected chi connectivity index (χ0v) is 11.8. The van der Waals surface area contributed by atoms with Crippen LogP contribution in [0, 0.1) is 12.7 Å². The molecule has 0 aliphatic rings. The van der Waals surface area contributed by atoms with E-state index in [2.05, 4.69) is 26.2 Å². The van der Waals surface area contributed by atoms with Crippen molar-refractivity contribution in [1.29, 1.82) is 0 Å². The van der Waals surface area contributed by atoms with Crippen LogP contribution in [0.5, 0.6) is 0 Å². The van der Waals surface area contributed by atoms with Gasteiger partial charge in [-0.2, -0.15) is 0 Å². The highest BCUT2D eigenvalue weighted by Crippen LogP contribution is 2.31. The first kappa shape index (κ1) is 13.2. The second kappa shape index (κ2) is 5.59. The maximum absolute atomic E-state index is 14.0. The fourth-order valence-electron chi connectivity index (χ4n) is 2.02. The van der Waals surface area contributed by atoms with E-state index in [4.69, 9.17) is 0 Å². The van der Waals surface area contributed by atoms with E-state index < -0.39 is 0 Å². The number of rotatable bonds is 3. The number of hydrogen-bond acceptors (Lipinski definition) is 2. The van der Waals surface area contributed by atoms with Gasteiger partial charge in [0.25, 0.3) is 0 Å². The van der Waals surface area contributed by atoms with Crippen molar-refractivity contribution < 1.29 is 4.39 Å². The summed E-state index contributed by atoms with van der Waals surface area (Å²) in [4.78, 5) is 4.12. The molecule has 1 unspecified atom stereocenters. The molecule has 2 nitrogen and oxygen atoms in total. The van der Waals surface area contributed by atoms with Gasteiger partial charge in [-0.1, -0.05) is 22.0 Å². The summed E-state index contributed by atoms with van der Waals surface area (Å²) in [5.74, 6) is -0.230. The predicted octanol–water partition coefficient (Wildman–Crippen LogP) is 3.60. The molecule has 0 aliphatic carbocycles. The topological polar surface area (TPSA) is 24.9 Å². The van der Waals surface area contributed by atoms with Crippen LogP contribution in [0.1, 0.15) is 22.7 Å². The van der Waals surface area contributed by atoms with Gasteiger partial charge in [-0.15, -0.1) is 0 Å². The Balaban J connectivity index is 2.56. The van der Waals surface area contributed by atoms with Gasteiger partial charge in [0.1, 0.15) is 5.82 Å². The zero-order valence-electron chi connectivity index (χ0n) is 10.2. The summed E-state index contributed by atoms with van der Waals surface area (Å²) < 4.78 is 14.8. The Morgan fingerprint density at radius 1 is 1.33 bits per heavy atom. The molecular formula is C14H14BrFN2. The predicted molar refractivity (Wildman–Crippen MR) is 74.0 cm³/mol. The van der Waals surface area contributed by atoms with Crippen LogP contribution in [0.4, 0.5) is 4.39 Å². The van der Waals surface area contributed by atoms with E-state index >= 15 is 0 Å². The average molecular weight is 309 g/mol. The van der Waals surface area contributed by atoms with E-state index in [1.165, 1.54) is 6.07 Å². The Bertz CT molecular complexity index is 537. The van der Waals surface area contributed by atoms with Crippen LogP contribution in [0.15, 0.2) is 41.1 Å². The molecule has 1 heterocycles. The fraction of sp³-hybridized carbons (Fsp3) is 0.214. The molecule has 1 aromatic carbocycles. The number of aryl methyl sites for hydroxylation is 1. The third-order valence-corrected chi connectivity index (χ3v) is 3.66. The molecule has 1 aromatic heterocycles. The van der Waals surface area contributed by atoms with Gasteiger partial charge >= 0.3 is 0 Å². The van der Waals surface area contributed by atoms with Crippen LogP contribution in [0.2, 0.25) is 0 Å². The lowest BCUT2D eigenvalue weighted by molar-refractivity contribution is 0.572. The van der Waals surface area contributed by atoms with Crippen molar-refractivity contribution in [1.82, 2.24) is 10.3 Å². The highest BCUT2D eigenvalue weighted by atomic mass is 79.9. The Morgan fingerprint density at radius 2 is 2.11 bits per heavy atom. The Labute approximate surface area is 114 Å². The van der Waals surface area contributed by atoms with Gasteiger partial charge < -0.3 is 5.32 Å². The summed E-state index contributed by atoms with van der Waals surface area (Å²) in [5, 5.41) is 3.15. The summed E-state index contributed by atoms with van der Waals surface area (Å²) in [6.45, 7) is 2.00. The molecule has 0 aliphatic heterocycles. The normalized spacial score (nSPS) is 12.4. The molecule has 1 atom stereocenters. The van der Waals surface area contributed by atoms with Gasteiger partial charge in [-0.05, 0) is 43.3 Å². The standard InChI is InChI=1S/C14H14BrFN2/c1-9-6-7-18-8-10(9)14(17-2)13-11(15)4-3-5-12(13)16/h3-8,14,17H,1-2H3. The first-order valence-corrected chi connectivity index (χ1v) is 6.46. The average Bonchev–Trinajstić information content (AvgIpc) is 2.35. The van der Waals surface area contributed by atoms with E-state index in [0.29, 0.717) is 5.56 Å². The highest BCUT2D eigenvalue weighted by Gasteiger charge is 2.20. The van der Waals surface area contributed by atoms with Gasteiger partial charge in [-0.25, -0.2) is 4.39 Å². The third-order valence-electron chi connectivity index (χ3n) is 2.97. The summed E-state index contributed by atoms with van der Waals surface area (Å²) in [6.07, 6.45) is 3.51. The van der Waals surface area contributed by atoms with Gasteiger partial charge in [0.2, 0.25) is 0 Å². The number of aromatic nitrogens is 1. The van der Waals surface area contributed by atoms with Crippen molar-refractivity contribution >= 4 is 15.9 Å². The highest BCUT2D eigenvalue weighted by molar-refractivity contribution is 9.10. The summed E-state index contributed by atoms with van der Waals surface area (Å²) in [7, 11) is 1.82. The second-order valence-corrected chi connectivity index (χ2v) is 4.94. The van der Waals surface area contributed by atoms with Crippen molar-refractivity contribution in [3.63, 3.8) is 0 Å². The molecule has 4 heteroatoms. The van der Waals surface area contributed by atoms with Crippen molar-refractivity contribution in [2.24, 2.45) is 0 Å². The molecule has 0 saturated carbocycles. The largest absolute Gasteiger partial charge is 0.309 e. The number of pyridine rings is 1. The number of benzene rings is 1. The van der Waals surface area contributed by atoms with Crippen molar-refractivity contribution in [2.45, 2.75) is 13.0 Å². The number of nitrogens with zero attached hydrogens (tertiary/aromatic N) is 1. The molecule has 2 aromatic rings. The van der Waals surface area contributed by atoms with Crippen LogP contribution in [-0.4, -0.2) is 12.0 Å². The molecule has 94 valence electrons. The number of halogens is 2. The van der Waals surface area contributed by atoms with Crippen LogP contribution in [-0.2, 0) is 0 Å². The van der Waals surface area contributed by atoms with E-state index in [9.17, 15) is 4.39 Å². The van der Waals surface area contributed by atoms with Crippen LogP contribution in [0.3, 0.4) is 0 Å². The fourth-order valence-corrected chi connectivity index (χ4v) is 2.59. The lowest BCUT2D eigenvalue weighted by atomic mass is 9.96. The summed E-state index contributed by atoms with van der Waals surface area (Å²) in [5.41, 5.74) is 2.67. The zero-order chi connectivity index (χ0) is 13.1. The lowest BCUT2D eigenvalue weighted by Crippen LogP contribution is -2.20. The number of hydrogen-bond donors (Lipinski definition) is 1. The smallest absolute Gasteiger partial charge is 0.129 e. The lowest BCUT2D eigenvalue weighted by Gasteiger charge is -2.20. The monoisotopic (exact) mass is 308 g/mol. The molecular weight excluding hydrogens is 295 g/mol.